The van der Waals surface area contributed by atoms with Crippen LogP contribution in [-0.2, 0) is 0 Å². The normalized spacial score (nSPS) is 11.6. The third-order valence-corrected chi connectivity index (χ3v) is 2.35. The monoisotopic (exact) mass is 203 g/mol. The Morgan fingerprint density at radius 3 is 1.93 bits per heavy atom. The van der Waals surface area contributed by atoms with Crippen LogP contribution in [0.3, 0.4) is 0 Å². The van der Waals surface area contributed by atoms with Crippen LogP contribution in [-0.4, -0.2) is 24.5 Å². The molecule has 0 N–H and O–H groups in total. The molecule has 0 aromatic carbocycles. The summed E-state index contributed by atoms with van der Waals surface area (Å²) in [7, 11) is 0. The van der Waals surface area contributed by atoms with Gasteiger partial charge >= 0.3 is 18.9 Å². The molecule has 15 heavy (non-hydrogen) atoms. The van der Waals surface area contributed by atoms with Gasteiger partial charge in [0.1, 0.15) is 0 Å². The second-order valence-electron chi connectivity index (χ2n) is 4.06. The molecule has 0 heterocycles. The van der Waals surface area contributed by atoms with Crippen molar-refractivity contribution in [2.24, 2.45) is 0 Å². The first-order chi connectivity index (χ1) is 6.70. The van der Waals surface area contributed by atoms with Gasteiger partial charge in [-0.1, -0.05) is 33.6 Å². The first-order valence-corrected chi connectivity index (χ1v) is 5.91. The second kappa shape index (κ2) is 12.2. The van der Waals surface area contributed by atoms with Gasteiger partial charge in [0, 0.05) is 0 Å². The minimum Gasteiger partial charge on any atom is -0.316 e. The van der Waals surface area contributed by atoms with Crippen molar-refractivity contribution < 1.29 is 18.9 Å². The van der Waals surface area contributed by atoms with E-state index < -0.39 is 0 Å². The summed E-state index contributed by atoms with van der Waals surface area (Å²) < 4.78 is 0. The average Bonchev–Trinajstić information content (AvgIpc) is 2.16. The summed E-state index contributed by atoms with van der Waals surface area (Å²) in [6, 6.07) is 0. The average molecular weight is 203 g/mol. The van der Waals surface area contributed by atoms with Gasteiger partial charge in [-0.15, -0.1) is 0 Å². The van der Waals surface area contributed by atoms with Gasteiger partial charge in [0.2, 0.25) is 0 Å². The quantitative estimate of drug-likeness (QED) is 0.414. The number of rotatable bonds is 8. The zero-order valence-corrected chi connectivity index (χ0v) is 11.2. The SMILES string of the molecule is [CH2-]C(C)=CCN(CCCC)CCCC.[Li+]. The summed E-state index contributed by atoms with van der Waals surface area (Å²) in [6.45, 7) is 14.0. The van der Waals surface area contributed by atoms with Crippen molar-refractivity contribution in [2.45, 2.75) is 46.5 Å². The molecule has 84 valence electrons. The molecule has 0 spiro atoms. The Kier molecular flexibility index (Phi) is 14.3. The predicted octanol–water partition coefficient (Wildman–Crippen LogP) is 0.673. The van der Waals surface area contributed by atoms with Gasteiger partial charge in [-0.2, -0.15) is 0 Å². The minimum absolute atomic E-state index is 0. The molecule has 1 nitrogen and oxygen atoms in total. The minimum atomic E-state index is 0. The molecule has 0 bridgehead atoms. The standard InChI is InChI=1S/C13H26N.Li/c1-5-7-10-14(11-8-6-2)12-9-13(3)4;/h9H,3,5-8,10-12H2,1-2,4H3;/q-1;+1. The van der Waals surface area contributed by atoms with E-state index >= 15 is 0 Å². The molecule has 0 fully saturated rings. The molecule has 2 heteroatoms. The molecule has 0 rings (SSSR count). The van der Waals surface area contributed by atoms with Gasteiger partial charge < -0.3 is 4.90 Å². The summed E-state index contributed by atoms with van der Waals surface area (Å²) in [6.07, 6.45) is 7.43. The van der Waals surface area contributed by atoms with Crippen LogP contribution in [0.15, 0.2) is 11.6 Å². The van der Waals surface area contributed by atoms with Crippen molar-refractivity contribution in [1.29, 1.82) is 0 Å². The van der Waals surface area contributed by atoms with E-state index in [-0.39, 0.29) is 18.9 Å². The van der Waals surface area contributed by atoms with E-state index in [4.69, 9.17) is 0 Å². The zero-order chi connectivity index (χ0) is 10.8. The van der Waals surface area contributed by atoms with Gasteiger partial charge in [-0.25, -0.2) is 18.6 Å². The van der Waals surface area contributed by atoms with Crippen LogP contribution in [0.4, 0.5) is 0 Å². The van der Waals surface area contributed by atoms with E-state index in [9.17, 15) is 0 Å². The predicted molar refractivity (Wildman–Crippen MR) is 65.4 cm³/mol. The third kappa shape index (κ3) is 12.1. The van der Waals surface area contributed by atoms with Crippen molar-refractivity contribution in [2.75, 3.05) is 19.6 Å². The molecule has 0 aliphatic rings. The molecule has 0 aromatic rings. The van der Waals surface area contributed by atoms with Crippen molar-refractivity contribution in [3.05, 3.63) is 18.6 Å². The maximum Gasteiger partial charge on any atom is 1.00 e. The van der Waals surface area contributed by atoms with Crippen LogP contribution in [0.1, 0.15) is 46.5 Å². The summed E-state index contributed by atoms with van der Waals surface area (Å²) in [5.41, 5.74) is 1.18. The molecular formula is C13H26LiN. The van der Waals surface area contributed by atoms with E-state index in [2.05, 4.69) is 38.7 Å². The van der Waals surface area contributed by atoms with Crippen LogP contribution >= 0.6 is 0 Å². The molecule has 0 unspecified atom stereocenters. The molecule has 0 aliphatic carbocycles. The Morgan fingerprint density at radius 2 is 1.60 bits per heavy atom. The molecule has 0 aliphatic heterocycles. The van der Waals surface area contributed by atoms with E-state index in [0.717, 1.165) is 6.54 Å². The Balaban J connectivity index is 0. The van der Waals surface area contributed by atoms with Crippen LogP contribution < -0.4 is 18.9 Å². The fourth-order valence-electron chi connectivity index (χ4n) is 1.34. The maximum absolute atomic E-state index is 3.91. The molecule has 0 aromatic heterocycles. The molecule has 0 saturated carbocycles. The number of nitrogens with zero attached hydrogens (tertiary/aromatic N) is 1. The summed E-state index contributed by atoms with van der Waals surface area (Å²) in [5, 5.41) is 0. The fraction of sp³-hybridized carbons (Fsp3) is 0.769. The van der Waals surface area contributed by atoms with Crippen LogP contribution in [0.25, 0.3) is 0 Å². The number of hydrogen-bond acceptors (Lipinski definition) is 1. The largest absolute Gasteiger partial charge is 1.00 e. The third-order valence-electron chi connectivity index (χ3n) is 2.35. The van der Waals surface area contributed by atoms with Crippen molar-refractivity contribution in [3.8, 4) is 0 Å². The Bertz CT molecular complexity index is 143. The second-order valence-corrected chi connectivity index (χ2v) is 4.06. The molecule has 0 radical (unpaired) electrons. The van der Waals surface area contributed by atoms with Crippen LogP contribution in [0, 0.1) is 6.92 Å². The summed E-state index contributed by atoms with van der Waals surface area (Å²) >= 11 is 0. The Labute approximate surface area is 108 Å². The summed E-state index contributed by atoms with van der Waals surface area (Å²) in [4.78, 5) is 2.53. The number of unbranched alkanes of at least 4 members (excludes halogenated alkanes) is 2. The van der Waals surface area contributed by atoms with E-state index in [1.54, 1.807) is 0 Å². The molecule has 0 amide bonds. The number of hydrogen-bond donors (Lipinski definition) is 0. The Morgan fingerprint density at radius 1 is 1.13 bits per heavy atom. The molecule has 0 atom stereocenters. The van der Waals surface area contributed by atoms with Gasteiger partial charge in [0.05, 0.1) is 0 Å². The van der Waals surface area contributed by atoms with Gasteiger partial charge in [0.15, 0.2) is 0 Å². The number of allylic oxidation sites excluding steroid dienone is 1. The molecular weight excluding hydrogens is 177 g/mol. The van der Waals surface area contributed by atoms with Gasteiger partial charge in [-0.05, 0) is 32.5 Å². The van der Waals surface area contributed by atoms with Gasteiger partial charge in [0.25, 0.3) is 0 Å². The van der Waals surface area contributed by atoms with Crippen molar-refractivity contribution in [3.63, 3.8) is 0 Å². The fourth-order valence-corrected chi connectivity index (χ4v) is 1.34. The molecule has 0 saturated heterocycles. The van der Waals surface area contributed by atoms with Crippen molar-refractivity contribution >= 4 is 0 Å². The zero-order valence-electron chi connectivity index (χ0n) is 11.2. The van der Waals surface area contributed by atoms with E-state index in [0.29, 0.717) is 0 Å². The Hall–Kier alpha value is 0.167. The van der Waals surface area contributed by atoms with Crippen LogP contribution in [0.2, 0.25) is 0 Å². The van der Waals surface area contributed by atoms with Gasteiger partial charge in [-0.3, -0.25) is 0 Å². The van der Waals surface area contributed by atoms with E-state index in [1.165, 1.54) is 44.3 Å². The first kappa shape index (κ1) is 17.6. The first-order valence-electron chi connectivity index (χ1n) is 5.91. The van der Waals surface area contributed by atoms with E-state index in [1.807, 2.05) is 0 Å². The summed E-state index contributed by atoms with van der Waals surface area (Å²) in [5.74, 6) is 0. The van der Waals surface area contributed by atoms with Crippen molar-refractivity contribution in [1.82, 2.24) is 4.90 Å². The smallest absolute Gasteiger partial charge is 0.316 e. The maximum atomic E-state index is 3.91. The topological polar surface area (TPSA) is 3.24 Å². The van der Waals surface area contributed by atoms with Crippen LogP contribution in [0.5, 0.6) is 0 Å².